The number of fused-ring (bicyclic) bond motifs is 1. The minimum atomic E-state index is -0.182. The Kier molecular flexibility index (Phi) is 3.64. The van der Waals surface area contributed by atoms with Gasteiger partial charge in [-0.1, -0.05) is 6.07 Å². The minimum Gasteiger partial charge on any atom is -0.388 e. The molecule has 1 amide bonds. The average Bonchev–Trinajstić information content (AvgIpc) is 2.54. The third-order valence-corrected chi connectivity index (χ3v) is 4.23. The van der Waals surface area contributed by atoms with E-state index in [-0.39, 0.29) is 11.8 Å². The Morgan fingerprint density at radius 3 is 2.76 bits per heavy atom. The fourth-order valence-corrected chi connectivity index (χ4v) is 2.94. The Labute approximate surface area is 124 Å². The molecule has 2 heterocycles. The van der Waals surface area contributed by atoms with Gasteiger partial charge < -0.3 is 16.0 Å². The highest BCUT2D eigenvalue weighted by atomic mass is 16.1. The fraction of sp³-hybridized carbons (Fsp3) is 0.375. The molecule has 0 aliphatic carbocycles. The molecule has 1 aliphatic heterocycles. The second-order valence-electron chi connectivity index (χ2n) is 5.48. The van der Waals surface area contributed by atoms with Crippen LogP contribution in [0.1, 0.15) is 12.8 Å². The molecule has 3 rings (SSSR count). The number of hydrogen-bond acceptors (Lipinski definition) is 4. The predicted octanol–water partition coefficient (Wildman–Crippen LogP) is 1.98. The Bertz CT molecular complexity index is 662. The number of aromatic nitrogens is 1. The number of nitrogens with one attached hydrogen (secondary N) is 1. The molecule has 1 aliphatic rings. The number of hydrogen-bond donors (Lipinski definition) is 2. The van der Waals surface area contributed by atoms with Crippen molar-refractivity contribution in [3.63, 3.8) is 0 Å². The van der Waals surface area contributed by atoms with Crippen molar-refractivity contribution in [1.29, 1.82) is 0 Å². The molecule has 0 bridgehead atoms. The highest BCUT2D eigenvalue weighted by molar-refractivity contribution is 5.94. The number of benzene rings is 1. The monoisotopic (exact) mass is 284 g/mol. The van der Waals surface area contributed by atoms with Crippen LogP contribution in [0.4, 0.5) is 11.5 Å². The van der Waals surface area contributed by atoms with Gasteiger partial charge in [0.15, 0.2) is 0 Å². The van der Waals surface area contributed by atoms with E-state index in [0.29, 0.717) is 0 Å². The summed E-state index contributed by atoms with van der Waals surface area (Å²) in [7, 11) is 1.91. The average molecular weight is 284 g/mol. The molecule has 1 saturated heterocycles. The fourth-order valence-electron chi connectivity index (χ4n) is 2.94. The van der Waals surface area contributed by atoms with Crippen molar-refractivity contribution in [2.45, 2.75) is 12.8 Å². The van der Waals surface area contributed by atoms with Crippen molar-refractivity contribution in [2.24, 2.45) is 11.7 Å². The lowest BCUT2D eigenvalue weighted by Gasteiger charge is -2.32. The molecule has 0 unspecified atom stereocenters. The molecule has 1 aromatic heterocycles. The molecule has 3 N–H and O–H groups in total. The molecular formula is C16H20N4O. The number of carbonyl (C=O) groups is 1. The summed E-state index contributed by atoms with van der Waals surface area (Å²) in [5, 5.41) is 5.48. The van der Waals surface area contributed by atoms with Crippen LogP contribution in [0.25, 0.3) is 10.8 Å². The number of amides is 1. The van der Waals surface area contributed by atoms with Crippen LogP contribution in [0.5, 0.6) is 0 Å². The summed E-state index contributed by atoms with van der Waals surface area (Å²) in [5.74, 6) is 0.814. The molecule has 0 saturated carbocycles. The lowest BCUT2D eigenvalue weighted by atomic mass is 9.96. The third kappa shape index (κ3) is 2.63. The minimum absolute atomic E-state index is 0.00379. The van der Waals surface area contributed by atoms with Crippen LogP contribution in [-0.4, -0.2) is 31.0 Å². The van der Waals surface area contributed by atoms with Crippen molar-refractivity contribution in [3.05, 3.63) is 30.5 Å². The molecule has 2 aromatic rings. The van der Waals surface area contributed by atoms with Crippen molar-refractivity contribution >= 4 is 28.2 Å². The highest BCUT2D eigenvalue weighted by Gasteiger charge is 2.24. The van der Waals surface area contributed by atoms with Crippen LogP contribution in [0.3, 0.4) is 0 Å². The summed E-state index contributed by atoms with van der Waals surface area (Å²) in [6.07, 6.45) is 3.45. The van der Waals surface area contributed by atoms with Gasteiger partial charge in [0, 0.05) is 43.3 Å². The SMILES string of the molecule is CNc1ccc2ccnc(N3CCC(C(N)=O)CC3)c2c1. The molecule has 1 aromatic carbocycles. The van der Waals surface area contributed by atoms with Crippen LogP contribution in [0.15, 0.2) is 30.5 Å². The van der Waals surface area contributed by atoms with Crippen LogP contribution >= 0.6 is 0 Å². The summed E-state index contributed by atoms with van der Waals surface area (Å²) >= 11 is 0. The normalized spacial score (nSPS) is 16.1. The van der Waals surface area contributed by atoms with Gasteiger partial charge in [-0.25, -0.2) is 4.98 Å². The summed E-state index contributed by atoms with van der Waals surface area (Å²) in [4.78, 5) is 18.1. The van der Waals surface area contributed by atoms with E-state index in [2.05, 4.69) is 33.4 Å². The second kappa shape index (κ2) is 5.60. The van der Waals surface area contributed by atoms with Crippen LogP contribution < -0.4 is 16.0 Å². The lowest BCUT2D eigenvalue weighted by molar-refractivity contribution is -0.122. The van der Waals surface area contributed by atoms with Gasteiger partial charge in [-0.05, 0) is 36.4 Å². The van der Waals surface area contributed by atoms with Crippen molar-refractivity contribution in [3.8, 4) is 0 Å². The summed E-state index contributed by atoms with van der Waals surface area (Å²) in [6, 6.07) is 8.31. The van der Waals surface area contributed by atoms with Gasteiger partial charge in [0.2, 0.25) is 5.91 Å². The Balaban J connectivity index is 1.92. The van der Waals surface area contributed by atoms with Crippen molar-refractivity contribution in [2.75, 3.05) is 30.4 Å². The second-order valence-corrected chi connectivity index (χ2v) is 5.48. The van der Waals surface area contributed by atoms with E-state index in [1.165, 1.54) is 5.39 Å². The molecule has 5 heteroatoms. The molecule has 1 fully saturated rings. The van der Waals surface area contributed by atoms with Gasteiger partial charge in [-0.3, -0.25) is 4.79 Å². The van der Waals surface area contributed by atoms with E-state index in [0.717, 1.165) is 42.8 Å². The van der Waals surface area contributed by atoms with E-state index in [1.54, 1.807) is 0 Å². The van der Waals surface area contributed by atoms with Crippen LogP contribution in [-0.2, 0) is 4.79 Å². The Morgan fingerprint density at radius 1 is 1.33 bits per heavy atom. The quantitative estimate of drug-likeness (QED) is 0.904. The Hall–Kier alpha value is -2.30. The first-order valence-electron chi connectivity index (χ1n) is 7.30. The third-order valence-electron chi connectivity index (χ3n) is 4.23. The number of carbonyl (C=O) groups excluding carboxylic acids is 1. The maximum Gasteiger partial charge on any atom is 0.220 e. The first kappa shape index (κ1) is 13.7. The number of piperidine rings is 1. The molecule has 110 valence electrons. The summed E-state index contributed by atoms with van der Waals surface area (Å²) in [6.45, 7) is 1.65. The van der Waals surface area contributed by atoms with Gasteiger partial charge in [0.05, 0.1) is 0 Å². The van der Waals surface area contributed by atoms with E-state index in [1.807, 2.05) is 19.3 Å². The summed E-state index contributed by atoms with van der Waals surface area (Å²) < 4.78 is 0. The van der Waals surface area contributed by atoms with Gasteiger partial charge >= 0.3 is 0 Å². The number of nitrogens with two attached hydrogens (primary N) is 1. The first-order chi connectivity index (χ1) is 10.2. The highest BCUT2D eigenvalue weighted by Crippen LogP contribution is 2.30. The van der Waals surface area contributed by atoms with Gasteiger partial charge in [0.25, 0.3) is 0 Å². The zero-order valence-electron chi connectivity index (χ0n) is 12.2. The first-order valence-corrected chi connectivity index (χ1v) is 7.30. The zero-order chi connectivity index (χ0) is 14.8. The van der Waals surface area contributed by atoms with Crippen LogP contribution in [0, 0.1) is 5.92 Å². The number of primary amides is 1. The van der Waals surface area contributed by atoms with E-state index in [4.69, 9.17) is 5.73 Å². The Morgan fingerprint density at radius 2 is 2.10 bits per heavy atom. The number of pyridine rings is 1. The van der Waals surface area contributed by atoms with E-state index >= 15 is 0 Å². The molecule has 0 atom stereocenters. The topological polar surface area (TPSA) is 71.2 Å². The summed E-state index contributed by atoms with van der Waals surface area (Å²) in [5.41, 5.74) is 6.47. The molecule has 0 spiro atoms. The lowest BCUT2D eigenvalue weighted by Crippen LogP contribution is -2.39. The van der Waals surface area contributed by atoms with Gasteiger partial charge in [0.1, 0.15) is 5.82 Å². The van der Waals surface area contributed by atoms with E-state index in [9.17, 15) is 4.79 Å². The van der Waals surface area contributed by atoms with Crippen molar-refractivity contribution < 1.29 is 4.79 Å². The van der Waals surface area contributed by atoms with Crippen LogP contribution in [0.2, 0.25) is 0 Å². The molecular weight excluding hydrogens is 264 g/mol. The zero-order valence-corrected chi connectivity index (χ0v) is 12.2. The number of anilines is 2. The standard InChI is InChI=1S/C16H20N4O/c1-18-13-3-2-11-4-7-19-16(14(11)10-13)20-8-5-12(6-9-20)15(17)21/h2-4,7,10,12,18H,5-6,8-9H2,1H3,(H2,17,21). The number of nitrogens with zero attached hydrogens (tertiary/aromatic N) is 2. The predicted molar refractivity (Wildman–Crippen MR) is 85.4 cm³/mol. The molecule has 5 nitrogen and oxygen atoms in total. The smallest absolute Gasteiger partial charge is 0.220 e. The maximum absolute atomic E-state index is 11.3. The number of rotatable bonds is 3. The van der Waals surface area contributed by atoms with Crippen molar-refractivity contribution in [1.82, 2.24) is 4.98 Å². The maximum atomic E-state index is 11.3. The molecule has 0 radical (unpaired) electrons. The largest absolute Gasteiger partial charge is 0.388 e. The van der Waals surface area contributed by atoms with Gasteiger partial charge in [-0.2, -0.15) is 0 Å². The molecule has 21 heavy (non-hydrogen) atoms. The van der Waals surface area contributed by atoms with E-state index < -0.39 is 0 Å². The van der Waals surface area contributed by atoms with Gasteiger partial charge in [-0.15, -0.1) is 0 Å².